The molecule has 8 aliphatic rings. The highest BCUT2D eigenvalue weighted by Crippen LogP contribution is 2.41. The number of esters is 2. The number of carbonyl (C=O) groups excluding carboxylic acids is 4. The minimum Gasteiger partial charge on any atom is -0.461 e. The summed E-state index contributed by atoms with van der Waals surface area (Å²) in [6.07, 6.45) is 29.4. The van der Waals surface area contributed by atoms with Crippen LogP contribution in [0.5, 0.6) is 0 Å². The largest absolute Gasteiger partial charge is 0.461 e. The summed E-state index contributed by atoms with van der Waals surface area (Å²) >= 11 is 50.4. The average Bonchev–Trinajstić information content (AvgIpc) is 1.63. The number of fused-ring (bicyclic) bond motifs is 4. The molecule has 143 heavy (non-hydrogen) atoms. The van der Waals surface area contributed by atoms with Crippen LogP contribution >= 0.6 is 92.8 Å². The molecule has 12 aromatic rings. The number of primary amides is 2. The molecule has 2 amide bonds. The van der Waals surface area contributed by atoms with Crippen LogP contribution in [0, 0.1) is 11.8 Å². The summed E-state index contributed by atoms with van der Waals surface area (Å²) in [5.41, 5.74) is 18.8. The highest BCUT2D eigenvalue weighted by molar-refractivity contribution is 6.37. The third-order valence-electron chi connectivity index (χ3n) is 30.0. The zero-order valence-electron chi connectivity index (χ0n) is 82.7. The van der Waals surface area contributed by atoms with Gasteiger partial charge >= 0.3 is 11.9 Å². The number of halogens is 8. The van der Waals surface area contributed by atoms with Gasteiger partial charge in [0, 0.05) is 123 Å². The summed E-state index contributed by atoms with van der Waals surface area (Å²) in [6, 6.07) is 23.4. The molecule has 8 fully saturated rings. The Morgan fingerprint density at radius 2 is 0.636 bits per heavy atom. The lowest BCUT2D eigenvalue weighted by Crippen LogP contribution is -2.51. The maximum atomic E-state index is 12.7. The fourth-order valence-corrected chi connectivity index (χ4v) is 24.5. The molecule has 32 nitrogen and oxygen atoms in total. The Bertz CT molecular complexity index is 6530. The number of hydrogen-bond donors (Lipinski definition) is 2. The molecule has 0 saturated carbocycles. The second-order valence-corrected chi connectivity index (χ2v) is 42.6. The van der Waals surface area contributed by atoms with E-state index in [9.17, 15) is 19.2 Å². The van der Waals surface area contributed by atoms with E-state index in [0.29, 0.717) is 127 Å². The van der Waals surface area contributed by atoms with Crippen LogP contribution < -0.4 is 31.1 Å². The van der Waals surface area contributed by atoms with E-state index >= 15 is 0 Å². The highest BCUT2D eigenvalue weighted by atomic mass is 35.5. The quantitative estimate of drug-likeness (QED) is 0.0595. The maximum absolute atomic E-state index is 12.7. The van der Waals surface area contributed by atoms with Crippen molar-refractivity contribution in [2.24, 2.45) is 23.3 Å². The first-order chi connectivity index (χ1) is 69.0. The number of nitrogens with two attached hydrogens (primary N) is 2. The second kappa shape index (κ2) is 47.0. The molecule has 8 aliphatic heterocycles. The van der Waals surface area contributed by atoms with E-state index in [1.165, 1.54) is 123 Å². The molecular formula is C103H128Cl8N26O6. The van der Waals surface area contributed by atoms with Crippen LogP contribution in [-0.2, 0) is 9.47 Å². The molecule has 0 aliphatic carbocycles. The van der Waals surface area contributed by atoms with Crippen molar-refractivity contribution < 1.29 is 28.7 Å². The van der Waals surface area contributed by atoms with Crippen molar-refractivity contribution in [2.45, 2.75) is 232 Å². The highest BCUT2D eigenvalue weighted by Gasteiger charge is 2.39. The zero-order valence-corrected chi connectivity index (χ0v) is 88.7. The van der Waals surface area contributed by atoms with Gasteiger partial charge in [-0.3, -0.25) is 24.3 Å². The predicted molar refractivity (Wildman–Crippen MR) is 568 cm³/mol. The Morgan fingerprint density at radius 1 is 0.350 bits per heavy atom. The van der Waals surface area contributed by atoms with Crippen LogP contribution in [0.1, 0.15) is 266 Å². The summed E-state index contributed by atoms with van der Waals surface area (Å²) in [5, 5.41) is 22.6. The standard InChI is InChI=1S/C27H34Cl2N6O2.C26H32Cl2N6O2.2C25H31Cl2N7O/c1-4-37-27(36)25-24-26(35(32-25)18(3)20-9-8-19(28)14-21(20)29)31-23(15-30-24)34-13-10-22(17(2)16-34)33-11-6-5-7-12-33;1-3-36-26(35)24-23-25(34(31-24)17(2)20-8-7-18(27)15-21(20)28)30-22(16-29-23)33-13-9-19(10-14-33)32-11-5-4-6-12-32;1-15-5-3-4-10-33(15)18-8-11-32(12-9-18)21-14-29-23-22(24(28)35)31-34(25(23)30-21)16(2)19-7-6-17(26)13-20(19)27;1-15-14-33(11-8-20(15)32-9-4-3-5-10-32)21-13-29-23-22(24(28)35)31-34(25(23)30-21)16(2)18-7-6-17(26)12-19(18)27/h8-9,14-15,17-18,22H,4-7,10-13,16H2,1-3H3;7-8,15-17,19H,3-6,9-14H2,1-2H3;6-7,13-16,18H,3-5,8-12H2,1-2H3,(H2,28,35);6-7,12-13,15-16,20H,3-5,8-11,14H2,1-2H3,(H2,28,35). The number of likely N-dealkylation sites (tertiary alicyclic amines) is 4. The third-order valence-corrected chi connectivity index (χ3v) is 32.2. The molecule has 8 aromatic heterocycles. The first-order valence-corrected chi connectivity index (χ1v) is 53.7. The van der Waals surface area contributed by atoms with Crippen LogP contribution in [0.2, 0.25) is 40.2 Å². The van der Waals surface area contributed by atoms with Crippen molar-refractivity contribution in [1.29, 1.82) is 0 Å². The van der Waals surface area contributed by atoms with E-state index in [1.54, 1.807) is 106 Å². The molecule has 9 atom stereocenters. The molecule has 16 heterocycles. The third kappa shape index (κ3) is 23.5. The normalized spacial score (nSPS) is 20.9. The van der Waals surface area contributed by atoms with Crippen molar-refractivity contribution in [3.8, 4) is 0 Å². The Morgan fingerprint density at radius 3 is 0.937 bits per heavy atom. The molecule has 762 valence electrons. The number of hydrogen-bond acceptors (Lipinski definition) is 26. The van der Waals surface area contributed by atoms with E-state index in [0.717, 1.165) is 136 Å². The number of amides is 2. The smallest absolute Gasteiger partial charge is 0.361 e. The lowest BCUT2D eigenvalue weighted by Gasteiger charge is -2.44. The van der Waals surface area contributed by atoms with E-state index < -0.39 is 23.8 Å². The van der Waals surface area contributed by atoms with Gasteiger partial charge in [-0.1, -0.05) is 157 Å². The van der Waals surface area contributed by atoms with E-state index in [4.69, 9.17) is 134 Å². The summed E-state index contributed by atoms with van der Waals surface area (Å²) in [5.74, 6) is 1.91. The molecule has 40 heteroatoms. The molecule has 0 bridgehead atoms. The van der Waals surface area contributed by atoms with E-state index in [2.05, 4.69) is 100 Å². The molecule has 20 rings (SSSR count). The second-order valence-electron chi connectivity index (χ2n) is 39.2. The van der Waals surface area contributed by atoms with Crippen LogP contribution in [0.3, 0.4) is 0 Å². The Kier molecular flexibility index (Phi) is 34.4. The molecule has 4 N–H and O–H groups in total. The van der Waals surface area contributed by atoms with Crippen LogP contribution in [0.4, 0.5) is 23.3 Å². The molecule has 0 radical (unpaired) electrons. The SMILES string of the molecule is CC1CCCCN1C1CCN(c2cnc3c(C(N)=O)nn(C(C)c4ccc(Cl)cc4Cl)c3n2)CC1.CC1CN(c2cnc3c(C(N)=O)nn(C(C)c4ccc(Cl)cc4Cl)c3n2)CCC1N1CCCCC1.CCOC(=O)c1nn(C(C)c2ccc(Cl)cc2Cl)c2nc(N3CCC(N4CCCCC4)C(C)C3)cnc12.CCOC(=O)c1nn(C(C)c2ccc(Cl)cc2Cl)c2nc(N3CCC(N4CCCCC4)CC3)cnc12. The molecule has 0 spiro atoms. The van der Waals surface area contributed by atoms with Gasteiger partial charge in [0.1, 0.15) is 45.3 Å². The fourth-order valence-electron chi connectivity index (χ4n) is 22.3. The van der Waals surface area contributed by atoms with E-state index in [1.807, 2.05) is 52.0 Å². The summed E-state index contributed by atoms with van der Waals surface area (Å²) in [7, 11) is 0. The molecule has 8 saturated heterocycles. The van der Waals surface area contributed by atoms with Gasteiger partial charge in [-0.15, -0.1) is 0 Å². The number of nitrogens with zero attached hydrogens (tertiary/aromatic N) is 24. The minimum atomic E-state index is -0.638. The van der Waals surface area contributed by atoms with Crippen LogP contribution in [-0.4, -0.2) is 264 Å². The Hall–Kier alpha value is -9.68. The van der Waals surface area contributed by atoms with Gasteiger partial charge in [0.2, 0.25) is 0 Å². The lowest BCUT2D eigenvalue weighted by molar-refractivity contribution is 0.0510. The number of benzene rings is 4. The van der Waals surface area contributed by atoms with Crippen molar-refractivity contribution in [1.82, 2.24) is 98.6 Å². The maximum Gasteiger partial charge on any atom is 0.361 e. The molecule has 9 unspecified atom stereocenters. The molecule has 4 aromatic carbocycles. The first-order valence-electron chi connectivity index (χ1n) is 50.7. The molecular weight excluding hydrogens is 1980 g/mol. The summed E-state index contributed by atoms with van der Waals surface area (Å²) < 4.78 is 17.3. The van der Waals surface area contributed by atoms with Gasteiger partial charge < -0.3 is 45.4 Å². The number of anilines is 4. The first kappa shape index (κ1) is 105. The Labute approximate surface area is 874 Å². The fraction of sp³-hybridized carbons (Fsp3) is 0.534. The van der Waals surface area contributed by atoms with Crippen molar-refractivity contribution in [2.75, 3.05) is 131 Å². The number of rotatable bonds is 22. The number of ether oxygens (including phenoxy) is 2. The summed E-state index contributed by atoms with van der Waals surface area (Å²) in [4.78, 5) is 108. The van der Waals surface area contributed by atoms with Gasteiger partial charge in [-0.2, -0.15) is 20.4 Å². The average molecular weight is 2110 g/mol. The number of piperidine rings is 8. The summed E-state index contributed by atoms with van der Waals surface area (Å²) in [6.45, 7) is 34.8. The predicted octanol–water partition coefficient (Wildman–Crippen LogP) is 20.2. The number of aromatic nitrogens is 16. The van der Waals surface area contributed by atoms with Gasteiger partial charge in [-0.05, 0) is 267 Å². The topological polar surface area (TPSA) is 339 Å². The lowest BCUT2D eigenvalue weighted by atomic mass is 9.91. The van der Waals surface area contributed by atoms with Crippen LogP contribution in [0.25, 0.3) is 44.7 Å². The number of carbonyl (C=O) groups is 4. The Balaban J connectivity index is 0.000000131. The zero-order chi connectivity index (χ0) is 101. The van der Waals surface area contributed by atoms with Gasteiger partial charge in [0.15, 0.2) is 45.4 Å². The van der Waals surface area contributed by atoms with Crippen LogP contribution in [0.15, 0.2) is 97.6 Å². The monoisotopic (exact) mass is 2100 g/mol. The van der Waals surface area contributed by atoms with Gasteiger partial charge in [0.05, 0.1) is 62.2 Å². The minimum absolute atomic E-state index is 0.105. The van der Waals surface area contributed by atoms with Crippen molar-refractivity contribution in [3.05, 3.63) is 183 Å². The van der Waals surface area contributed by atoms with Crippen molar-refractivity contribution in [3.63, 3.8) is 0 Å². The van der Waals surface area contributed by atoms with E-state index in [-0.39, 0.29) is 60.2 Å². The van der Waals surface area contributed by atoms with Gasteiger partial charge in [0.25, 0.3) is 11.8 Å². The van der Waals surface area contributed by atoms with Crippen molar-refractivity contribution >= 4 is 184 Å². The van der Waals surface area contributed by atoms with Gasteiger partial charge in [-0.25, -0.2) is 68.2 Å².